The number of piperidine rings is 1. The molecule has 1 amide bonds. The van der Waals surface area contributed by atoms with Crippen LogP contribution in [0.25, 0.3) is 5.82 Å². The molecule has 1 saturated heterocycles. The number of aromatic nitrogens is 4. The maximum absolute atomic E-state index is 12.7. The second kappa shape index (κ2) is 7.21. The van der Waals surface area contributed by atoms with E-state index in [0.717, 1.165) is 30.8 Å². The summed E-state index contributed by atoms with van der Waals surface area (Å²) in [4.78, 5) is 23.5. The van der Waals surface area contributed by atoms with Gasteiger partial charge in [0, 0.05) is 18.3 Å². The van der Waals surface area contributed by atoms with Crippen molar-refractivity contribution in [2.45, 2.75) is 59.0 Å². The first kappa shape index (κ1) is 17.4. The second-order valence-corrected chi connectivity index (χ2v) is 6.84. The topological polar surface area (TPSA) is 75.9 Å². The molecule has 7 heteroatoms. The smallest absolute Gasteiger partial charge is 0.245 e. The lowest BCUT2D eigenvalue weighted by atomic mass is 10.0. The van der Waals surface area contributed by atoms with Crippen LogP contribution in [0, 0.1) is 13.8 Å². The summed E-state index contributed by atoms with van der Waals surface area (Å²) in [6.07, 6.45) is 6.66. The summed E-state index contributed by atoms with van der Waals surface area (Å²) in [6.45, 7) is 8.75. The van der Waals surface area contributed by atoms with E-state index in [4.69, 9.17) is 0 Å². The fraction of sp³-hybridized carbons (Fsp3) is 0.556. The Balaban J connectivity index is 1.73. The van der Waals surface area contributed by atoms with E-state index >= 15 is 0 Å². The molecule has 2 aromatic rings. The fourth-order valence-electron chi connectivity index (χ4n) is 3.35. The van der Waals surface area contributed by atoms with Gasteiger partial charge in [-0.25, -0.2) is 9.67 Å². The summed E-state index contributed by atoms with van der Waals surface area (Å²) in [6, 6.07) is 1.95. The summed E-state index contributed by atoms with van der Waals surface area (Å²) in [5, 5.41) is 7.62. The fourth-order valence-corrected chi connectivity index (χ4v) is 3.35. The van der Waals surface area contributed by atoms with Crippen LogP contribution in [-0.4, -0.2) is 49.2 Å². The van der Waals surface area contributed by atoms with Crippen molar-refractivity contribution in [1.29, 1.82) is 0 Å². The van der Waals surface area contributed by atoms with Crippen LogP contribution in [0.4, 0.5) is 5.82 Å². The quantitative estimate of drug-likeness (QED) is 0.924. The molecule has 25 heavy (non-hydrogen) atoms. The normalized spacial score (nSPS) is 18.9. The Morgan fingerprint density at radius 3 is 2.80 bits per heavy atom. The van der Waals surface area contributed by atoms with Gasteiger partial charge in [0.2, 0.25) is 5.91 Å². The highest BCUT2D eigenvalue weighted by Gasteiger charge is 2.27. The molecule has 0 radical (unpaired) electrons. The molecular weight excluding hydrogens is 316 g/mol. The Hall–Kier alpha value is -2.44. The standard InChI is InChI=1S/C18H26N6O/c1-12-9-14(3)24(22-12)17-11-19-10-16(21-17)20-15(4)18(25)23-8-6-5-7-13(23)2/h9-11,13,15H,5-8H2,1-4H3,(H,20,21)/t13-,15+/m0/s1. The Kier molecular flexibility index (Phi) is 5.01. The maximum Gasteiger partial charge on any atom is 0.245 e. The zero-order valence-electron chi connectivity index (χ0n) is 15.4. The summed E-state index contributed by atoms with van der Waals surface area (Å²) < 4.78 is 1.76. The predicted octanol–water partition coefficient (Wildman–Crippen LogP) is 2.48. The van der Waals surface area contributed by atoms with Gasteiger partial charge in [0.15, 0.2) is 5.82 Å². The van der Waals surface area contributed by atoms with E-state index in [1.807, 2.05) is 31.7 Å². The molecule has 0 spiro atoms. The van der Waals surface area contributed by atoms with Crippen LogP contribution in [0.5, 0.6) is 0 Å². The lowest BCUT2D eigenvalue weighted by Crippen LogP contribution is -2.48. The van der Waals surface area contributed by atoms with Crippen LogP contribution in [0.3, 0.4) is 0 Å². The molecule has 1 N–H and O–H groups in total. The molecule has 2 aromatic heterocycles. The minimum Gasteiger partial charge on any atom is -0.357 e. The molecule has 0 unspecified atom stereocenters. The Morgan fingerprint density at radius 2 is 2.12 bits per heavy atom. The number of amides is 1. The first-order valence-electron chi connectivity index (χ1n) is 8.88. The SMILES string of the molecule is Cc1cc(C)n(-c2cncc(N[C@H](C)C(=O)N3CCCC[C@@H]3C)n2)n1. The van der Waals surface area contributed by atoms with Crippen molar-refractivity contribution in [2.24, 2.45) is 0 Å². The van der Waals surface area contributed by atoms with E-state index in [2.05, 4.69) is 27.3 Å². The number of anilines is 1. The minimum absolute atomic E-state index is 0.116. The summed E-state index contributed by atoms with van der Waals surface area (Å²) in [5.74, 6) is 1.34. The van der Waals surface area contributed by atoms with E-state index in [1.54, 1.807) is 17.1 Å². The van der Waals surface area contributed by atoms with Crippen LogP contribution < -0.4 is 5.32 Å². The van der Waals surface area contributed by atoms with Gasteiger partial charge in [-0.15, -0.1) is 0 Å². The molecule has 0 bridgehead atoms. The summed E-state index contributed by atoms with van der Waals surface area (Å²) >= 11 is 0. The number of hydrogen-bond donors (Lipinski definition) is 1. The third-order valence-corrected chi connectivity index (χ3v) is 4.67. The molecule has 0 saturated carbocycles. The summed E-state index contributed by atoms with van der Waals surface area (Å²) in [5.41, 5.74) is 1.93. The number of carbonyl (C=O) groups excluding carboxylic acids is 1. The first-order valence-corrected chi connectivity index (χ1v) is 8.88. The van der Waals surface area contributed by atoms with Crippen LogP contribution in [0.2, 0.25) is 0 Å². The highest BCUT2D eigenvalue weighted by molar-refractivity contribution is 5.84. The van der Waals surface area contributed by atoms with Crippen molar-refractivity contribution in [3.8, 4) is 5.82 Å². The highest BCUT2D eigenvalue weighted by atomic mass is 16.2. The van der Waals surface area contributed by atoms with E-state index < -0.39 is 0 Å². The molecule has 3 rings (SSSR count). The van der Waals surface area contributed by atoms with Gasteiger partial charge in [0.05, 0.1) is 18.1 Å². The monoisotopic (exact) mass is 342 g/mol. The second-order valence-electron chi connectivity index (χ2n) is 6.84. The molecule has 2 atom stereocenters. The van der Waals surface area contributed by atoms with Crippen LogP contribution in [0.15, 0.2) is 18.5 Å². The largest absolute Gasteiger partial charge is 0.357 e. The van der Waals surface area contributed by atoms with Crippen molar-refractivity contribution in [1.82, 2.24) is 24.6 Å². The Labute approximate surface area is 148 Å². The zero-order chi connectivity index (χ0) is 18.0. The lowest BCUT2D eigenvalue weighted by molar-refractivity contribution is -0.134. The molecule has 7 nitrogen and oxygen atoms in total. The van der Waals surface area contributed by atoms with Crippen molar-refractivity contribution in [2.75, 3.05) is 11.9 Å². The number of aryl methyl sites for hydroxylation is 2. The van der Waals surface area contributed by atoms with Gasteiger partial charge in [-0.05, 0) is 53.0 Å². The number of nitrogens with zero attached hydrogens (tertiary/aromatic N) is 5. The van der Waals surface area contributed by atoms with E-state index in [-0.39, 0.29) is 11.9 Å². The van der Waals surface area contributed by atoms with Crippen molar-refractivity contribution < 1.29 is 4.79 Å². The molecule has 1 aliphatic rings. The number of rotatable bonds is 4. The maximum atomic E-state index is 12.7. The molecule has 134 valence electrons. The molecule has 1 aliphatic heterocycles. The minimum atomic E-state index is -0.342. The van der Waals surface area contributed by atoms with Gasteiger partial charge >= 0.3 is 0 Å². The molecular formula is C18H26N6O. The van der Waals surface area contributed by atoms with E-state index in [1.165, 1.54) is 6.42 Å². The van der Waals surface area contributed by atoms with E-state index in [0.29, 0.717) is 17.7 Å². The van der Waals surface area contributed by atoms with Gasteiger partial charge in [0.1, 0.15) is 11.9 Å². The van der Waals surface area contributed by atoms with Crippen LogP contribution in [-0.2, 0) is 4.79 Å². The van der Waals surface area contributed by atoms with Gasteiger partial charge < -0.3 is 10.2 Å². The summed E-state index contributed by atoms with van der Waals surface area (Å²) in [7, 11) is 0. The average molecular weight is 342 g/mol. The van der Waals surface area contributed by atoms with Crippen LogP contribution in [0.1, 0.15) is 44.5 Å². The van der Waals surface area contributed by atoms with Gasteiger partial charge in [-0.3, -0.25) is 9.78 Å². The van der Waals surface area contributed by atoms with Gasteiger partial charge in [-0.1, -0.05) is 0 Å². The Bertz CT molecular complexity index is 756. The number of carbonyl (C=O) groups is 1. The van der Waals surface area contributed by atoms with Crippen molar-refractivity contribution >= 4 is 11.7 Å². The molecule has 0 aliphatic carbocycles. The zero-order valence-corrected chi connectivity index (χ0v) is 15.4. The number of nitrogens with one attached hydrogen (secondary N) is 1. The van der Waals surface area contributed by atoms with Crippen molar-refractivity contribution in [3.05, 3.63) is 29.8 Å². The Morgan fingerprint density at radius 1 is 1.32 bits per heavy atom. The van der Waals surface area contributed by atoms with Crippen LogP contribution >= 0.6 is 0 Å². The third kappa shape index (κ3) is 3.81. The molecule has 1 fully saturated rings. The number of hydrogen-bond acceptors (Lipinski definition) is 5. The van der Waals surface area contributed by atoms with Gasteiger partial charge in [-0.2, -0.15) is 5.10 Å². The van der Waals surface area contributed by atoms with E-state index in [9.17, 15) is 4.79 Å². The van der Waals surface area contributed by atoms with Gasteiger partial charge in [0.25, 0.3) is 0 Å². The highest BCUT2D eigenvalue weighted by Crippen LogP contribution is 2.18. The third-order valence-electron chi connectivity index (χ3n) is 4.67. The molecule has 3 heterocycles. The predicted molar refractivity (Wildman–Crippen MR) is 96.7 cm³/mol. The van der Waals surface area contributed by atoms with Crippen molar-refractivity contribution in [3.63, 3.8) is 0 Å². The molecule has 0 aromatic carbocycles. The first-order chi connectivity index (χ1) is 12.0. The number of likely N-dealkylation sites (tertiary alicyclic amines) is 1. The lowest BCUT2D eigenvalue weighted by Gasteiger charge is -2.35. The average Bonchev–Trinajstić information content (AvgIpc) is 2.93.